The Hall–Kier alpha value is -2.87. The zero-order valence-electron chi connectivity index (χ0n) is 20.1. The lowest BCUT2D eigenvalue weighted by molar-refractivity contribution is -0.00966. The van der Waals surface area contributed by atoms with E-state index in [1.165, 1.54) is 5.56 Å². The molecule has 1 aliphatic heterocycles. The van der Waals surface area contributed by atoms with Crippen molar-refractivity contribution >= 4 is 11.4 Å². The number of benzene rings is 2. The molecule has 7 nitrogen and oxygen atoms in total. The van der Waals surface area contributed by atoms with Crippen LogP contribution in [0.1, 0.15) is 25.1 Å². The third-order valence-corrected chi connectivity index (χ3v) is 6.53. The molecule has 1 saturated heterocycles. The number of hydrogen-bond acceptors (Lipinski definition) is 5. The number of nitrogens with zero attached hydrogens (tertiary/aromatic N) is 3. The molecule has 4 rings (SSSR count). The van der Waals surface area contributed by atoms with Crippen molar-refractivity contribution in [2.24, 2.45) is 7.05 Å². The van der Waals surface area contributed by atoms with E-state index in [4.69, 9.17) is 4.74 Å². The van der Waals surface area contributed by atoms with Gasteiger partial charge in [-0.05, 0) is 50.6 Å². The van der Waals surface area contributed by atoms with Crippen LogP contribution in [0.5, 0.6) is 0 Å². The molecule has 1 aliphatic rings. The minimum atomic E-state index is -0.0581. The third kappa shape index (κ3) is 5.21. The van der Waals surface area contributed by atoms with Crippen molar-refractivity contribution in [1.82, 2.24) is 19.6 Å². The molecule has 3 aromatic rings. The first kappa shape index (κ1) is 23.3. The molecule has 1 fully saturated rings. The number of morpholine rings is 1. The molecule has 0 amide bonds. The normalized spacial score (nSPS) is 15.0. The topological polar surface area (TPSA) is 63.5 Å². The quantitative estimate of drug-likeness (QED) is 0.552. The lowest BCUT2D eigenvalue weighted by Crippen LogP contribution is -2.54. The lowest BCUT2D eigenvalue weighted by atomic mass is 10.0. The van der Waals surface area contributed by atoms with Crippen LogP contribution in [0.2, 0.25) is 0 Å². The number of ether oxygens (including phenoxy) is 1. The van der Waals surface area contributed by atoms with Gasteiger partial charge in [-0.2, -0.15) is 0 Å². The summed E-state index contributed by atoms with van der Waals surface area (Å²) in [7, 11) is 1.90. The summed E-state index contributed by atoms with van der Waals surface area (Å²) in [5, 5.41) is 6.93. The van der Waals surface area contributed by atoms with Gasteiger partial charge in [-0.25, -0.2) is 4.68 Å². The molecule has 176 valence electrons. The first-order valence-electron chi connectivity index (χ1n) is 11.6. The van der Waals surface area contributed by atoms with E-state index < -0.39 is 0 Å². The molecule has 2 N–H and O–H groups in total. The van der Waals surface area contributed by atoms with Crippen LogP contribution in [0.4, 0.5) is 11.4 Å². The average Bonchev–Trinajstić information content (AvgIpc) is 3.04. The maximum atomic E-state index is 13.1. The number of aromatic nitrogens is 2. The van der Waals surface area contributed by atoms with Gasteiger partial charge in [-0.3, -0.25) is 14.4 Å². The van der Waals surface area contributed by atoms with Crippen LogP contribution in [0.25, 0.3) is 5.69 Å². The van der Waals surface area contributed by atoms with Gasteiger partial charge in [0.1, 0.15) is 5.69 Å². The van der Waals surface area contributed by atoms with Crippen molar-refractivity contribution in [3.05, 3.63) is 76.2 Å². The molecule has 0 radical (unpaired) electrons. The highest BCUT2D eigenvalue weighted by molar-refractivity contribution is 5.62. The predicted octanol–water partition coefficient (Wildman–Crippen LogP) is 3.43. The smallest absolute Gasteiger partial charge is 0.295 e. The molecular formula is C26H35N5O2. The summed E-state index contributed by atoms with van der Waals surface area (Å²) in [6.45, 7) is 11.8. The fourth-order valence-electron chi connectivity index (χ4n) is 4.36. The van der Waals surface area contributed by atoms with E-state index in [1.54, 1.807) is 4.68 Å². The molecule has 33 heavy (non-hydrogen) atoms. The van der Waals surface area contributed by atoms with Crippen LogP contribution in [0, 0.1) is 6.92 Å². The van der Waals surface area contributed by atoms with Crippen molar-refractivity contribution < 1.29 is 4.74 Å². The summed E-state index contributed by atoms with van der Waals surface area (Å²) in [5.41, 5.74) is 4.48. The lowest BCUT2D eigenvalue weighted by Gasteiger charge is -2.41. The molecule has 0 atom stereocenters. The second kappa shape index (κ2) is 9.95. The first-order valence-corrected chi connectivity index (χ1v) is 11.6. The highest BCUT2D eigenvalue weighted by Crippen LogP contribution is 2.20. The van der Waals surface area contributed by atoms with Gasteiger partial charge in [0.2, 0.25) is 0 Å². The fraction of sp³-hybridized carbons (Fsp3) is 0.423. The largest absolute Gasteiger partial charge is 0.379 e. The summed E-state index contributed by atoms with van der Waals surface area (Å²) in [4.78, 5) is 15.6. The van der Waals surface area contributed by atoms with Gasteiger partial charge in [0.05, 0.1) is 24.6 Å². The van der Waals surface area contributed by atoms with Gasteiger partial charge >= 0.3 is 0 Å². The summed E-state index contributed by atoms with van der Waals surface area (Å²) < 4.78 is 9.05. The number of anilines is 2. The molecule has 0 spiro atoms. The Labute approximate surface area is 196 Å². The van der Waals surface area contributed by atoms with Crippen molar-refractivity contribution in [2.75, 3.05) is 38.2 Å². The first-order chi connectivity index (χ1) is 15.9. The highest BCUT2D eigenvalue weighted by atomic mass is 16.5. The molecule has 0 aliphatic carbocycles. The Morgan fingerprint density at radius 2 is 1.67 bits per heavy atom. The molecule has 2 heterocycles. The number of rotatable bonds is 8. The van der Waals surface area contributed by atoms with Crippen LogP contribution >= 0.6 is 0 Å². The van der Waals surface area contributed by atoms with E-state index in [0.717, 1.165) is 56.5 Å². The average molecular weight is 450 g/mol. The number of nitrogens with one attached hydrogen (secondary N) is 2. The highest BCUT2D eigenvalue weighted by Gasteiger charge is 2.27. The van der Waals surface area contributed by atoms with E-state index >= 15 is 0 Å². The number of para-hydroxylation sites is 1. The van der Waals surface area contributed by atoms with E-state index in [1.807, 2.05) is 61.1 Å². The Kier molecular flexibility index (Phi) is 7.02. The SMILES string of the molecule is Cc1c(Nc2ccc(CNCC(C)(C)N3CCOCC3)cc2)c(=O)n(-c2ccccc2)n1C. The van der Waals surface area contributed by atoms with Gasteiger partial charge in [0.25, 0.3) is 5.56 Å². The van der Waals surface area contributed by atoms with Gasteiger partial charge in [0, 0.05) is 44.5 Å². The summed E-state index contributed by atoms with van der Waals surface area (Å²) in [6.07, 6.45) is 0. The van der Waals surface area contributed by atoms with Gasteiger partial charge in [-0.15, -0.1) is 0 Å². The van der Waals surface area contributed by atoms with E-state index in [2.05, 4.69) is 41.5 Å². The van der Waals surface area contributed by atoms with Gasteiger partial charge < -0.3 is 15.4 Å². The summed E-state index contributed by atoms with van der Waals surface area (Å²) in [6, 6.07) is 18.0. The Bertz CT molecular complexity index is 1110. The predicted molar refractivity (Wildman–Crippen MR) is 134 cm³/mol. The van der Waals surface area contributed by atoms with Crippen LogP contribution in [-0.2, 0) is 18.3 Å². The summed E-state index contributed by atoms with van der Waals surface area (Å²) >= 11 is 0. The van der Waals surface area contributed by atoms with Crippen LogP contribution in [0.3, 0.4) is 0 Å². The Balaban J connectivity index is 1.39. The molecule has 2 aromatic carbocycles. The van der Waals surface area contributed by atoms with Crippen LogP contribution in [-0.4, -0.2) is 52.7 Å². The Morgan fingerprint density at radius 1 is 1.00 bits per heavy atom. The molecule has 0 saturated carbocycles. The second-order valence-electron chi connectivity index (χ2n) is 9.27. The Morgan fingerprint density at radius 3 is 2.33 bits per heavy atom. The maximum Gasteiger partial charge on any atom is 0.295 e. The fourth-order valence-corrected chi connectivity index (χ4v) is 4.36. The monoisotopic (exact) mass is 449 g/mol. The van der Waals surface area contributed by atoms with Crippen molar-refractivity contribution in [1.29, 1.82) is 0 Å². The molecule has 7 heteroatoms. The standard InChI is InChI=1S/C26H35N5O2/c1-20-24(25(32)31(29(20)4)23-8-6-5-7-9-23)28-22-12-10-21(11-13-22)18-27-19-26(2,3)30-14-16-33-17-15-30/h5-13,27-28H,14-19H2,1-4H3. The molecular weight excluding hydrogens is 414 g/mol. The van der Waals surface area contributed by atoms with E-state index in [0.29, 0.717) is 5.69 Å². The molecule has 0 bridgehead atoms. The van der Waals surface area contributed by atoms with Crippen molar-refractivity contribution in [3.8, 4) is 5.69 Å². The zero-order chi connectivity index (χ0) is 23.4. The minimum absolute atomic E-state index is 0.0581. The zero-order valence-corrected chi connectivity index (χ0v) is 20.1. The van der Waals surface area contributed by atoms with Crippen LogP contribution < -0.4 is 16.2 Å². The molecule has 1 aromatic heterocycles. The van der Waals surface area contributed by atoms with Gasteiger partial charge in [0.15, 0.2) is 0 Å². The van der Waals surface area contributed by atoms with Crippen molar-refractivity contribution in [3.63, 3.8) is 0 Å². The van der Waals surface area contributed by atoms with Crippen LogP contribution in [0.15, 0.2) is 59.4 Å². The van der Waals surface area contributed by atoms with Crippen molar-refractivity contribution in [2.45, 2.75) is 32.9 Å². The third-order valence-electron chi connectivity index (χ3n) is 6.53. The maximum absolute atomic E-state index is 13.1. The minimum Gasteiger partial charge on any atom is -0.379 e. The summed E-state index contributed by atoms with van der Waals surface area (Å²) in [5.74, 6) is 0. The molecule has 0 unspecified atom stereocenters. The van der Waals surface area contributed by atoms with E-state index in [9.17, 15) is 4.79 Å². The number of hydrogen-bond donors (Lipinski definition) is 2. The van der Waals surface area contributed by atoms with E-state index in [-0.39, 0.29) is 11.1 Å². The second-order valence-corrected chi connectivity index (χ2v) is 9.27. The van der Waals surface area contributed by atoms with Gasteiger partial charge in [-0.1, -0.05) is 30.3 Å².